The molecule has 1 saturated carbocycles. The van der Waals surface area contributed by atoms with Crippen molar-refractivity contribution >= 4 is 5.78 Å². The van der Waals surface area contributed by atoms with Crippen LogP contribution in [0.2, 0.25) is 0 Å². The van der Waals surface area contributed by atoms with Crippen LogP contribution >= 0.6 is 0 Å². The summed E-state index contributed by atoms with van der Waals surface area (Å²) in [6.45, 7) is 8.05. The lowest BCUT2D eigenvalue weighted by Crippen LogP contribution is -2.47. The lowest BCUT2D eigenvalue weighted by atomic mass is 9.84. The first-order valence-corrected chi connectivity index (χ1v) is 6.28. The van der Waals surface area contributed by atoms with E-state index >= 15 is 0 Å². The molecule has 88 valence electrons. The number of ketones is 1. The first-order chi connectivity index (χ1) is 7.05. The van der Waals surface area contributed by atoms with Crippen LogP contribution in [0.4, 0.5) is 0 Å². The third-order valence-electron chi connectivity index (χ3n) is 3.56. The van der Waals surface area contributed by atoms with E-state index in [9.17, 15) is 4.79 Å². The highest BCUT2D eigenvalue weighted by Crippen LogP contribution is 2.33. The molecule has 0 saturated heterocycles. The van der Waals surface area contributed by atoms with Crippen LogP contribution in [0, 0.1) is 5.92 Å². The Kier molecular flexibility index (Phi) is 4.32. The molecule has 0 unspecified atom stereocenters. The molecule has 0 aromatic heterocycles. The molecule has 1 aliphatic rings. The van der Waals surface area contributed by atoms with Gasteiger partial charge in [-0.2, -0.15) is 0 Å². The van der Waals surface area contributed by atoms with Gasteiger partial charge in [-0.25, -0.2) is 0 Å². The van der Waals surface area contributed by atoms with Gasteiger partial charge in [0.1, 0.15) is 5.60 Å². The van der Waals surface area contributed by atoms with Gasteiger partial charge in [-0.3, -0.25) is 4.79 Å². The van der Waals surface area contributed by atoms with Crippen LogP contribution in [0.5, 0.6) is 0 Å². The lowest BCUT2D eigenvalue weighted by Gasteiger charge is -2.39. The molecular formula is C13H24O2. The minimum Gasteiger partial charge on any atom is -0.364 e. The molecule has 0 N–H and O–H groups in total. The van der Waals surface area contributed by atoms with E-state index in [1.807, 2.05) is 13.8 Å². The Hall–Kier alpha value is -0.370. The zero-order valence-corrected chi connectivity index (χ0v) is 10.5. The normalized spacial score (nSPS) is 17.9. The van der Waals surface area contributed by atoms with E-state index in [4.69, 9.17) is 4.74 Å². The Morgan fingerprint density at radius 2 is 1.87 bits per heavy atom. The highest BCUT2D eigenvalue weighted by Gasteiger charge is 2.40. The number of carbonyl (C=O) groups is 1. The van der Waals surface area contributed by atoms with Gasteiger partial charge in [-0.15, -0.1) is 0 Å². The molecule has 0 aromatic rings. The van der Waals surface area contributed by atoms with Crippen LogP contribution in [0.1, 0.15) is 59.8 Å². The van der Waals surface area contributed by atoms with Crippen LogP contribution < -0.4 is 0 Å². The summed E-state index contributed by atoms with van der Waals surface area (Å²) in [6.07, 6.45) is 5.46. The zero-order valence-electron chi connectivity index (χ0n) is 10.5. The molecule has 1 fully saturated rings. The van der Waals surface area contributed by atoms with Gasteiger partial charge >= 0.3 is 0 Å². The summed E-state index contributed by atoms with van der Waals surface area (Å²) in [5.74, 6) is 0.351. The van der Waals surface area contributed by atoms with Crippen LogP contribution in [-0.2, 0) is 9.53 Å². The van der Waals surface area contributed by atoms with Gasteiger partial charge < -0.3 is 4.74 Å². The molecule has 0 amide bonds. The number of carbonyl (C=O) groups excluding carboxylic acids is 1. The maximum atomic E-state index is 12.2. The third-order valence-corrected chi connectivity index (χ3v) is 3.56. The maximum absolute atomic E-state index is 12.2. The second kappa shape index (κ2) is 5.11. The standard InChI is InChI=1S/C13H24O2/c1-5-13(6-2,12(14)10(3)4)15-11-8-7-9-11/h10-11H,5-9H2,1-4H3. The van der Waals surface area contributed by atoms with Gasteiger partial charge in [0.25, 0.3) is 0 Å². The average Bonchev–Trinajstić information content (AvgIpc) is 2.17. The summed E-state index contributed by atoms with van der Waals surface area (Å²) in [5, 5.41) is 0. The summed E-state index contributed by atoms with van der Waals surface area (Å²) in [7, 11) is 0. The van der Waals surface area contributed by atoms with Crippen LogP contribution in [-0.4, -0.2) is 17.5 Å². The van der Waals surface area contributed by atoms with Crippen molar-refractivity contribution in [1.29, 1.82) is 0 Å². The molecule has 0 bridgehead atoms. The Labute approximate surface area is 93.4 Å². The number of rotatable bonds is 6. The van der Waals surface area contributed by atoms with E-state index in [2.05, 4.69) is 13.8 Å². The molecule has 0 spiro atoms. The fourth-order valence-electron chi connectivity index (χ4n) is 2.16. The summed E-state index contributed by atoms with van der Waals surface area (Å²) < 4.78 is 6.05. The second-order valence-electron chi connectivity index (χ2n) is 4.89. The number of ether oxygens (including phenoxy) is 1. The SMILES string of the molecule is CCC(CC)(OC1CCC1)C(=O)C(C)C. The van der Waals surface area contributed by atoms with E-state index in [0.29, 0.717) is 6.10 Å². The van der Waals surface area contributed by atoms with Crippen LogP contribution in [0.3, 0.4) is 0 Å². The molecule has 0 aromatic carbocycles. The van der Waals surface area contributed by atoms with Gasteiger partial charge in [-0.05, 0) is 32.1 Å². The summed E-state index contributed by atoms with van der Waals surface area (Å²) in [4.78, 5) is 12.2. The Morgan fingerprint density at radius 1 is 1.33 bits per heavy atom. The van der Waals surface area contributed by atoms with Gasteiger partial charge in [0, 0.05) is 5.92 Å². The van der Waals surface area contributed by atoms with E-state index in [1.165, 1.54) is 6.42 Å². The number of hydrogen-bond donors (Lipinski definition) is 0. The van der Waals surface area contributed by atoms with Crippen molar-refractivity contribution in [3.63, 3.8) is 0 Å². The summed E-state index contributed by atoms with van der Waals surface area (Å²) >= 11 is 0. The van der Waals surface area contributed by atoms with Crippen molar-refractivity contribution in [2.45, 2.75) is 71.5 Å². The molecular weight excluding hydrogens is 188 g/mol. The van der Waals surface area contributed by atoms with E-state index < -0.39 is 5.60 Å². The van der Waals surface area contributed by atoms with E-state index in [0.717, 1.165) is 25.7 Å². The Bertz CT molecular complexity index is 213. The quantitative estimate of drug-likeness (QED) is 0.675. The molecule has 0 aliphatic heterocycles. The largest absolute Gasteiger partial charge is 0.364 e. The average molecular weight is 212 g/mol. The van der Waals surface area contributed by atoms with Crippen LogP contribution in [0.15, 0.2) is 0 Å². The predicted octanol–water partition coefficient (Wildman–Crippen LogP) is 3.34. The summed E-state index contributed by atoms with van der Waals surface area (Å²) in [6, 6.07) is 0. The van der Waals surface area contributed by atoms with Gasteiger partial charge in [0.15, 0.2) is 5.78 Å². The van der Waals surface area contributed by atoms with Crippen molar-refractivity contribution in [1.82, 2.24) is 0 Å². The highest BCUT2D eigenvalue weighted by atomic mass is 16.5. The van der Waals surface area contributed by atoms with Gasteiger partial charge in [0.2, 0.25) is 0 Å². The Balaban J connectivity index is 2.70. The number of Topliss-reactive ketones (excluding diaryl/α,β-unsaturated/α-hetero) is 1. The van der Waals surface area contributed by atoms with Crippen molar-refractivity contribution in [3.05, 3.63) is 0 Å². The first kappa shape index (κ1) is 12.7. The minimum absolute atomic E-state index is 0.0741. The summed E-state index contributed by atoms with van der Waals surface area (Å²) in [5.41, 5.74) is -0.501. The Morgan fingerprint density at radius 3 is 2.13 bits per heavy atom. The van der Waals surface area contributed by atoms with E-state index in [-0.39, 0.29) is 11.7 Å². The molecule has 2 nitrogen and oxygen atoms in total. The van der Waals surface area contributed by atoms with Crippen molar-refractivity contribution in [2.24, 2.45) is 5.92 Å². The lowest BCUT2D eigenvalue weighted by molar-refractivity contribution is -0.165. The molecule has 0 heterocycles. The fraction of sp³-hybridized carbons (Fsp3) is 0.923. The molecule has 1 aliphatic carbocycles. The van der Waals surface area contributed by atoms with E-state index in [1.54, 1.807) is 0 Å². The monoisotopic (exact) mass is 212 g/mol. The van der Waals surface area contributed by atoms with Crippen molar-refractivity contribution in [3.8, 4) is 0 Å². The molecule has 1 rings (SSSR count). The molecule has 15 heavy (non-hydrogen) atoms. The maximum Gasteiger partial charge on any atom is 0.167 e. The predicted molar refractivity (Wildman–Crippen MR) is 61.9 cm³/mol. The zero-order chi connectivity index (χ0) is 11.5. The number of hydrogen-bond acceptors (Lipinski definition) is 2. The first-order valence-electron chi connectivity index (χ1n) is 6.28. The second-order valence-corrected chi connectivity index (χ2v) is 4.89. The minimum atomic E-state index is -0.501. The third kappa shape index (κ3) is 2.60. The highest BCUT2D eigenvalue weighted by molar-refractivity contribution is 5.88. The van der Waals surface area contributed by atoms with Crippen LogP contribution in [0.25, 0.3) is 0 Å². The van der Waals surface area contributed by atoms with Gasteiger partial charge in [0.05, 0.1) is 6.10 Å². The topological polar surface area (TPSA) is 26.3 Å². The van der Waals surface area contributed by atoms with Crippen molar-refractivity contribution < 1.29 is 9.53 Å². The van der Waals surface area contributed by atoms with Gasteiger partial charge in [-0.1, -0.05) is 27.7 Å². The smallest absolute Gasteiger partial charge is 0.167 e. The molecule has 2 heteroatoms. The fourth-order valence-corrected chi connectivity index (χ4v) is 2.16. The molecule has 0 atom stereocenters. The van der Waals surface area contributed by atoms with Crippen molar-refractivity contribution in [2.75, 3.05) is 0 Å². The molecule has 0 radical (unpaired) electrons.